The van der Waals surface area contributed by atoms with Gasteiger partial charge in [0, 0.05) is 12.5 Å². The van der Waals surface area contributed by atoms with Crippen LogP contribution in [0.4, 0.5) is 0 Å². The first-order valence-corrected chi connectivity index (χ1v) is 5.83. The number of nitrogens with zero attached hydrogens (tertiary/aromatic N) is 1. The molecule has 1 aliphatic rings. The van der Waals surface area contributed by atoms with Crippen molar-refractivity contribution in [1.29, 1.82) is 0 Å². The third-order valence-corrected chi connectivity index (χ3v) is 3.41. The fourth-order valence-corrected chi connectivity index (χ4v) is 2.30. The molecule has 0 aromatic carbocycles. The summed E-state index contributed by atoms with van der Waals surface area (Å²) in [6.45, 7) is 5.45. The van der Waals surface area contributed by atoms with Gasteiger partial charge < -0.3 is 16.3 Å². The molecule has 1 rings (SSSR count). The summed E-state index contributed by atoms with van der Waals surface area (Å²) in [5, 5.41) is 14.9. The van der Waals surface area contributed by atoms with Crippen molar-refractivity contribution in [3.63, 3.8) is 0 Å². The SMILES string of the molecule is CC(CC(N)=NO)NCC1CCCC1C. The topological polar surface area (TPSA) is 70.6 Å². The second-order valence-electron chi connectivity index (χ2n) is 4.77. The molecule has 3 unspecified atom stereocenters. The first-order chi connectivity index (χ1) is 7.13. The lowest BCUT2D eigenvalue weighted by Gasteiger charge is -2.19. The van der Waals surface area contributed by atoms with E-state index < -0.39 is 0 Å². The number of oxime groups is 1. The third kappa shape index (κ3) is 4.08. The zero-order valence-electron chi connectivity index (χ0n) is 9.74. The second kappa shape index (κ2) is 5.95. The predicted molar refractivity (Wildman–Crippen MR) is 62.0 cm³/mol. The lowest BCUT2D eigenvalue weighted by Crippen LogP contribution is -2.35. The van der Waals surface area contributed by atoms with Crippen LogP contribution < -0.4 is 11.1 Å². The quantitative estimate of drug-likeness (QED) is 0.281. The maximum absolute atomic E-state index is 8.44. The van der Waals surface area contributed by atoms with Gasteiger partial charge in [0.25, 0.3) is 0 Å². The van der Waals surface area contributed by atoms with E-state index in [9.17, 15) is 0 Å². The highest BCUT2D eigenvalue weighted by atomic mass is 16.4. The van der Waals surface area contributed by atoms with Crippen LogP contribution in [0.5, 0.6) is 0 Å². The summed E-state index contributed by atoms with van der Waals surface area (Å²) in [6, 6.07) is 0.286. The first kappa shape index (κ1) is 12.3. The Kier molecular flexibility index (Phi) is 4.88. The van der Waals surface area contributed by atoms with Gasteiger partial charge in [-0.25, -0.2) is 0 Å². The minimum absolute atomic E-state index is 0.286. The molecule has 0 amide bonds. The molecular weight excluding hydrogens is 190 g/mol. The molecular formula is C11H23N3O. The molecule has 0 saturated heterocycles. The number of nitrogens with one attached hydrogen (secondary N) is 1. The molecule has 3 atom stereocenters. The molecule has 4 N–H and O–H groups in total. The van der Waals surface area contributed by atoms with Gasteiger partial charge in [-0.3, -0.25) is 0 Å². The smallest absolute Gasteiger partial charge is 0.140 e. The van der Waals surface area contributed by atoms with E-state index in [4.69, 9.17) is 10.9 Å². The molecule has 0 aliphatic heterocycles. The molecule has 88 valence electrons. The van der Waals surface area contributed by atoms with E-state index in [1.165, 1.54) is 19.3 Å². The number of hydrogen-bond donors (Lipinski definition) is 3. The lowest BCUT2D eigenvalue weighted by molar-refractivity contribution is 0.315. The average molecular weight is 213 g/mol. The van der Waals surface area contributed by atoms with E-state index in [1.54, 1.807) is 0 Å². The molecule has 1 fully saturated rings. The Bertz CT molecular complexity index is 218. The average Bonchev–Trinajstić information content (AvgIpc) is 2.61. The van der Waals surface area contributed by atoms with Crippen LogP contribution in [0, 0.1) is 11.8 Å². The van der Waals surface area contributed by atoms with E-state index in [-0.39, 0.29) is 6.04 Å². The van der Waals surface area contributed by atoms with Crippen molar-refractivity contribution in [1.82, 2.24) is 5.32 Å². The Hall–Kier alpha value is -0.770. The van der Waals surface area contributed by atoms with Gasteiger partial charge in [-0.05, 0) is 31.7 Å². The monoisotopic (exact) mass is 213 g/mol. The zero-order valence-corrected chi connectivity index (χ0v) is 9.74. The summed E-state index contributed by atoms with van der Waals surface area (Å²) in [7, 11) is 0. The molecule has 0 aromatic heterocycles. The number of nitrogens with two attached hydrogens (primary N) is 1. The molecule has 0 radical (unpaired) electrons. The minimum atomic E-state index is 0.286. The molecule has 1 saturated carbocycles. The second-order valence-corrected chi connectivity index (χ2v) is 4.77. The van der Waals surface area contributed by atoms with E-state index in [0.717, 1.165) is 18.4 Å². The molecule has 0 heterocycles. The summed E-state index contributed by atoms with van der Waals surface area (Å²) in [5.41, 5.74) is 5.44. The van der Waals surface area contributed by atoms with E-state index in [2.05, 4.69) is 24.3 Å². The molecule has 0 bridgehead atoms. The van der Waals surface area contributed by atoms with Gasteiger partial charge >= 0.3 is 0 Å². The van der Waals surface area contributed by atoms with Gasteiger partial charge in [0.15, 0.2) is 0 Å². The molecule has 0 spiro atoms. The van der Waals surface area contributed by atoms with E-state index >= 15 is 0 Å². The van der Waals surface area contributed by atoms with Gasteiger partial charge in [0.1, 0.15) is 5.84 Å². The molecule has 15 heavy (non-hydrogen) atoms. The van der Waals surface area contributed by atoms with E-state index in [0.29, 0.717) is 12.3 Å². The minimum Gasteiger partial charge on any atom is -0.409 e. The molecule has 4 heteroatoms. The Morgan fingerprint density at radius 2 is 2.33 bits per heavy atom. The summed E-state index contributed by atoms with van der Waals surface area (Å²) in [6.07, 6.45) is 4.67. The van der Waals surface area contributed by atoms with Gasteiger partial charge in [0.05, 0.1) is 0 Å². The summed E-state index contributed by atoms with van der Waals surface area (Å²) in [4.78, 5) is 0. The molecule has 1 aliphatic carbocycles. The fraction of sp³-hybridized carbons (Fsp3) is 0.909. The zero-order chi connectivity index (χ0) is 11.3. The van der Waals surface area contributed by atoms with Gasteiger partial charge in [-0.1, -0.05) is 24.9 Å². The van der Waals surface area contributed by atoms with Gasteiger partial charge in [-0.15, -0.1) is 0 Å². The van der Waals surface area contributed by atoms with E-state index in [1.807, 2.05) is 0 Å². The van der Waals surface area contributed by atoms with Crippen molar-refractivity contribution in [3.05, 3.63) is 0 Å². The normalized spacial score (nSPS) is 29.3. The highest BCUT2D eigenvalue weighted by Gasteiger charge is 2.23. The van der Waals surface area contributed by atoms with Crippen LogP contribution in [0.2, 0.25) is 0 Å². The van der Waals surface area contributed by atoms with Crippen molar-refractivity contribution < 1.29 is 5.21 Å². The van der Waals surface area contributed by atoms with Crippen molar-refractivity contribution in [2.24, 2.45) is 22.7 Å². The fourth-order valence-electron chi connectivity index (χ4n) is 2.30. The highest BCUT2D eigenvalue weighted by Crippen LogP contribution is 2.30. The van der Waals surface area contributed by atoms with Crippen LogP contribution in [-0.4, -0.2) is 23.6 Å². The summed E-state index contributed by atoms with van der Waals surface area (Å²) >= 11 is 0. The van der Waals surface area contributed by atoms with Gasteiger partial charge in [0.2, 0.25) is 0 Å². The third-order valence-electron chi connectivity index (χ3n) is 3.41. The van der Waals surface area contributed by atoms with Crippen molar-refractivity contribution in [3.8, 4) is 0 Å². The Balaban J connectivity index is 2.18. The van der Waals surface area contributed by atoms with Crippen LogP contribution in [0.25, 0.3) is 0 Å². The number of amidine groups is 1. The number of hydrogen-bond acceptors (Lipinski definition) is 3. The molecule has 0 aromatic rings. The Morgan fingerprint density at radius 3 is 2.87 bits per heavy atom. The van der Waals surface area contributed by atoms with Crippen LogP contribution in [0.1, 0.15) is 39.5 Å². The standard InChI is InChI=1S/C11H23N3O/c1-8-4-3-5-10(8)7-13-9(2)6-11(12)14-15/h8-10,13,15H,3-7H2,1-2H3,(H2,12,14). The Labute approximate surface area is 91.9 Å². The largest absolute Gasteiger partial charge is 0.409 e. The van der Waals surface area contributed by atoms with Crippen LogP contribution in [0.3, 0.4) is 0 Å². The van der Waals surface area contributed by atoms with Crippen LogP contribution >= 0.6 is 0 Å². The summed E-state index contributed by atoms with van der Waals surface area (Å²) in [5.74, 6) is 1.95. The predicted octanol–water partition coefficient (Wildman–Crippen LogP) is 1.54. The Morgan fingerprint density at radius 1 is 1.60 bits per heavy atom. The molecule has 4 nitrogen and oxygen atoms in total. The highest BCUT2D eigenvalue weighted by molar-refractivity contribution is 5.80. The van der Waals surface area contributed by atoms with Gasteiger partial charge in [-0.2, -0.15) is 0 Å². The lowest BCUT2D eigenvalue weighted by atomic mass is 9.98. The van der Waals surface area contributed by atoms with Crippen LogP contribution in [-0.2, 0) is 0 Å². The van der Waals surface area contributed by atoms with Crippen molar-refractivity contribution in [2.45, 2.75) is 45.6 Å². The number of rotatable bonds is 5. The van der Waals surface area contributed by atoms with Crippen LogP contribution in [0.15, 0.2) is 5.16 Å². The van der Waals surface area contributed by atoms with Crippen molar-refractivity contribution >= 4 is 5.84 Å². The maximum atomic E-state index is 8.44. The maximum Gasteiger partial charge on any atom is 0.140 e. The summed E-state index contributed by atoms with van der Waals surface area (Å²) < 4.78 is 0. The van der Waals surface area contributed by atoms with Crippen molar-refractivity contribution in [2.75, 3.05) is 6.54 Å². The first-order valence-electron chi connectivity index (χ1n) is 5.83.